The Morgan fingerprint density at radius 3 is 2.76 bits per heavy atom. The summed E-state index contributed by atoms with van der Waals surface area (Å²) in [7, 11) is 0. The average molecular weight is 405 g/mol. The number of hydrogen-bond acceptors (Lipinski definition) is 6. The maximum Gasteiger partial charge on any atom is 0.273 e. The Bertz CT molecular complexity index is 1130. The Labute approximate surface area is 171 Å². The predicted octanol–water partition coefficient (Wildman–Crippen LogP) is 2.55. The smallest absolute Gasteiger partial charge is 0.273 e. The van der Waals surface area contributed by atoms with Crippen molar-refractivity contribution in [2.75, 3.05) is 0 Å². The van der Waals surface area contributed by atoms with Gasteiger partial charge in [-0.1, -0.05) is 36.4 Å². The number of amides is 1. The van der Waals surface area contributed by atoms with E-state index in [4.69, 9.17) is 0 Å². The summed E-state index contributed by atoms with van der Waals surface area (Å²) >= 11 is 1.63. The molecule has 8 nitrogen and oxygen atoms in total. The first-order valence-corrected chi connectivity index (χ1v) is 10.2. The van der Waals surface area contributed by atoms with E-state index in [1.807, 2.05) is 59.7 Å². The lowest BCUT2D eigenvalue weighted by Gasteiger charge is -2.43. The Hall–Kier alpha value is -3.33. The zero-order valence-corrected chi connectivity index (χ0v) is 16.7. The van der Waals surface area contributed by atoms with E-state index in [1.54, 1.807) is 33.0 Å². The molecule has 29 heavy (non-hydrogen) atoms. The molecule has 4 aromatic rings. The van der Waals surface area contributed by atoms with E-state index in [-0.39, 0.29) is 5.91 Å². The van der Waals surface area contributed by atoms with Gasteiger partial charge in [-0.2, -0.15) is 5.10 Å². The van der Waals surface area contributed by atoms with Gasteiger partial charge in [-0.25, -0.2) is 4.68 Å². The molecule has 3 aromatic heterocycles. The van der Waals surface area contributed by atoms with Crippen molar-refractivity contribution >= 4 is 17.2 Å². The Morgan fingerprint density at radius 1 is 1.10 bits per heavy atom. The summed E-state index contributed by atoms with van der Waals surface area (Å²) in [4.78, 5) is 16.4. The van der Waals surface area contributed by atoms with E-state index in [9.17, 15) is 4.79 Å². The summed E-state index contributed by atoms with van der Waals surface area (Å²) in [6, 6.07) is 15.8. The van der Waals surface area contributed by atoms with Gasteiger partial charge in [0.1, 0.15) is 11.2 Å². The molecule has 0 spiro atoms. The van der Waals surface area contributed by atoms with Crippen molar-refractivity contribution in [1.29, 1.82) is 0 Å². The summed E-state index contributed by atoms with van der Waals surface area (Å²) in [6.45, 7) is 3.53. The summed E-state index contributed by atoms with van der Waals surface area (Å²) in [5.74, 6) is 0.575. The molecule has 0 aliphatic carbocycles. The highest BCUT2D eigenvalue weighted by atomic mass is 32.1. The highest BCUT2D eigenvalue weighted by molar-refractivity contribution is 7.09. The monoisotopic (exact) mass is 405 g/mol. The second kappa shape index (κ2) is 6.93. The van der Waals surface area contributed by atoms with Crippen molar-refractivity contribution in [2.45, 2.75) is 32.1 Å². The number of fused-ring (bicyclic) bond motifs is 1. The largest absolute Gasteiger partial charge is 0.318 e. The first kappa shape index (κ1) is 17.7. The summed E-state index contributed by atoms with van der Waals surface area (Å²) in [5, 5.41) is 18.9. The van der Waals surface area contributed by atoms with Gasteiger partial charge in [-0.15, -0.1) is 16.4 Å². The highest BCUT2D eigenvalue weighted by Gasteiger charge is 2.47. The Balaban J connectivity index is 1.58. The van der Waals surface area contributed by atoms with Crippen LogP contribution < -0.4 is 0 Å². The van der Waals surface area contributed by atoms with Gasteiger partial charge < -0.3 is 4.90 Å². The average Bonchev–Trinajstić information content (AvgIpc) is 3.48. The number of nitrogens with zero attached hydrogens (tertiary/aromatic N) is 7. The van der Waals surface area contributed by atoms with Gasteiger partial charge in [-0.3, -0.25) is 9.48 Å². The lowest BCUT2D eigenvalue weighted by Crippen LogP contribution is -2.55. The van der Waals surface area contributed by atoms with Crippen molar-refractivity contribution < 1.29 is 4.79 Å². The van der Waals surface area contributed by atoms with E-state index in [2.05, 4.69) is 20.6 Å². The Morgan fingerprint density at radius 2 is 1.97 bits per heavy atom. The minimum atomic E-state index is -0.738. The van der Waals surface area contributed by atoms with E-state index in [0.717, 1.165) is 10.4 Å². The minimum absolute atomic E-state index is 0.0705. The predicted molar refractivity (Wildman–Crippen MR) is 107 cm³/mol. The van der Waals surface area contributed by atoms with E-state index in [0.29, 0.717) is 31.2 Å². The third kappa shape index (κ3) is 3.03. The molecule has 1 atom stereocenters. The van der Waals surface area contributed by atoms with E-state index in [1.165, 1.54) is 0 Å². The number of hydrogen-bond donors (Lipinski definition) is 0. The number of carbonyl (C=O) groups is 1. The normalized spacial score (nSPS) is 18.8. The lowest BCUT2D eigenvalue weighted by atomic mass is 9.94. The fourth-order valence-electron chi connectivity index (χ4n) is 3.83. The standard InChI is InChI=1S/C20H19N7OS/c1-20(19-22-23-24-26(19)12-15-6-3-2-4-7-15)14-27-17(9-10-21-27)18(28)25(20)13-16-8-5-11-29-16/h2-11H,12-14H2,1H3. The second-order valence-corrected chi connectivity index (χ2v) is 8.30. The van der Waals surface area contributed by atoms with Crippen LogP contribution in [0.2, 0.25) is 0 Å². The van der Waals surface area contributed by atoms with Gasteiger partial charge in [0.2, 0.25) is 0 Å². The first-order chi connectivity index (χ1) is 14.1. The number of benzene rings is 1. The minimum Gasteiger partial charge on any atom is -0.318 e. The molecule has 0 fully saturated rings. The molecule has 0 bridgehead atoms. The number of carbonyl (C=O) groups excluding carboxylic acids is 1. The van der Waals surface area contributed by atoms with Crippen molar-refractivity contribution in [1.82, 2.24) is 34.9 Å². The van der Waals surface area contributed by atoms with Crippen molar-refractivity contribution in [3.8, 4) is 0 Å². The van der Waals surface area contributed by atoms with E-state index >= 15 is 0 Å². The van der Waals surface area contributed by atoms with Crippen LogP contribution in [0.25, 0.3) is 0 Å². The molecule has 1 aromatic carbocycles. The topological polar surface area (TPSA) is 81.7 Å². The van der Waals surface area contributed by atoms with Crippen LogP contribution in [0.3, 0.4) is 0 Å². The number of aromatic nitrogens is 6. The van der Waals surface area contributed by atoms with Crippen LogP contribution in [0, 0.1) is 0 Å². The molecule has 146 valence electrons. The molecule has 9 heteroatoms. The quantitative estimate of drug-likeness (QED) is 0.510. The van der Waals surface area contributed by atoms with Crippen LogP contribution in [0.5, 0.6) is 0 Å². The molecule has 1 aliphatic rings. The lowest BCUT2D eigenvalue weighted by molar-refractivity contribution is 0.0252. The molecular weight excluding hydrogens is 386 g/mol. The molecule has 0 radical (unpaired) electrons. The fraction of sp³-hybridized carbons (Fsp3) is 0.250. The zero-order chi connectivity index (χ0) is 19.8. The van der Waals surface area contributed by atoms with Crippen LogP contribution in [-0.4, -0.2) is 40.8 Å². The van der Waals surface area contributed by atoms with Crippen LogP contribution in [0.1, 0.15) is 33.7 Å². The zero-order valence-electron chi connectivity index (χ0n) is 15.8. The van der Waals surface area contributed by atoms with Gasteiger partial charge in [0, 0.05) is 11.1 Å². The van der Waals surface area contributed by atoms with Gasteiger partial charge in [-0.05, 0) is 40.4 Å². The first-order valence-electron chi connectivity index (χ1n) is 9.32. The highest BCUT2D eigenvalue weighted by Crippen LogP contribution is 2.36. The van der Waals surface area contributed by atoms with Gasteiger partial charge >= 0.3 is 0 Å². The van der Waals surface area contributed by atoms with Crippen molar-refractivity contribution in [3.63, 3.8) is 0 Å². The third-order valence-corrected chi connectivity index (χ3v) is 6.18. The number of thiophene rings is 1. The third-order valence-electron chi connectivity index (χ3n) is 5.32. The summed E-state index contributed by atoms with van der Waals surface area (Å²) in [6.07, 6.45) is 1.66. The maximum atomic E-state index is 13.4. The summed E-state index contributed by atoms with van der Waals surface area (Å²) < 4.78 is 3.52. The van der Waals surface area contributed by atoms with Gasteiger partial charge in [0.25, 0.3) is 5.91 Å². The number of tetrazole rings is 1. The van der Waals surface area contributed by atoms with Crippen LogP contribution in [0.15, 0.2) is 60.1 Å². The molecular formula is C20H19N7OS. The second-order valence-electron chi connectivity index (χ2n) is 7.26. The van der Waals surface area contributed by atoms with Crippen LogP contribution >= 0.6 is 11.3 Å². The Kier molecular flexibility index (Phi) is 4.24. The van der Waals surface area contributed by atoms with Gasteiger partial charge in [0.05, 0.1) is 19.6 Å². The molecule has 0 saturated heterocycles. The van der Waals surface area contributed by atoms with Crippen LogP contribution in [0.4, 0.5) is 0 Å². The molecule has 1 unspecified atom stereocenters. The molecule has 4 heterocycles. The number of rotatable bonds is 5. The summed E-state index contributed by atoms with van der Waals surface area (Å²) in [5.41, 5.74) is 0.941. The van der Waals surface area contributed by atoms with Gasteiger partial charge in [0.15, 0.2) is 5.82 Å². The van der Waals surface area contributed by atoms with Crippen molar-refractivity contribution in [2.24, 2.45) is 0 Å². The molecule has 0 N–H and O–H groups in total. The molecule has 5 rings (SSSR count). The molecule has 1 amide bonds. The molecule has 1 aliphatic heterocycles. The van der Waals surface area contributed by atoms with E-state index < -0.39 is 5.54 Å². The van der Waals surface area contributed by atoms with Crippen molar-refractivity contribution in [3.05, 3.63) is 82.1 Å². The molecule has 0 saturated carbocycles. The fourth-order valence-corrected chi connectivity index (χ4v) is 4.52. The maximum absolute atomic E-state index is 13.4. The van der Waals surface area contributed by atoms with Crippen LogP contribution in [-0.2, 0) is 25.2 Å². The SMILES string of the molecule is CC1(c2nnnn2Cc2ccccc2)Cn2nccc2C(=O)N1Cc1cccs1.